The highest BCUT2D eigenvalue weighted by atomic mass is 16.5. The number of esters is 1. The standard InChI is InChI=1S/C17H20O4/c1-6-21-14(19)13(18)10-7-8-11-12(9-10)17(4,5)15(20)16(11,2)3/h7-9H,6H2,1-5H3. The van der Waals surface area contributed by atoms with Gasteiger partial charge in [0.2, 0.25) is 0 Å². The molecular weight excluding hydrogens is 268 g/mol. The van der Waals surface area contributed by atoms with E-state index in [4.69, 9.17) is 4.74 Å². The molecule has 0 aliphatic heterocycles. The molecule has 0 radical (unpaired) electrons. The van der Waals surface area contributed by atoms with E-state index in [9.17, 15) is 14.4 Å². The Bertz CT molecular complexity index is 638. The summed E-state index contributed by atoms with van der Waals surface area (Å²) in [5.41, 5.74) is 0.755. The molecule has 0 fully saturated rings. The molecule has 0 saturated carbocycles. The van der Waals surface area contributed by atoms with E-state index in [-0.39, 0.29) is 18.0 Å². The zero-order chi connectivity index (χ0) is 16.0. The second-order valence-corrected chi connectivity index (χ2v) is 6.39. The van der Waals surface area contributed by atoms with Crippen LogP contribution >= 0.6 is 0 Å². The molecular formula is C17H20O4. The number of carbonyl (C=O) groups is 3. The van der Waals surface area contributed by atoms with E-state index in [0.717, 1.165) is 11.1 Å². The van der Waals surface area contributed by atoms with Gasteiger partial charge in [-0.05, 0) is 51.8 Å². The molecule has 0 unspecified atom stereocenters. The SMILES string of the molecule is CCOC(=O)C(=O)c1ccc2c(c1)C(C)(C)C(=O)C2(C)C. The minimum atomic E-state index is -0.862. The van der Waals surface area contributed by atoms with Crippen LogP contribution in [-0.4, -0.2) is 24.1 Å². The number of Topliss-reactive ketones (excluding diaryl/α,β-unsaturated/α-hetero) is 2. The first-order valence-electron chi connectivity index (χ1n) is 7.05. The van der Waals surface area contributed by atoms with Gasteiger partial charge in [0.1, 0.15) is 0 Å². The molecule has 1 aromatic carbocycles. The van der Waals surface area contributed by atoms with Crippen molar-refractivity contribution in [3.8, 4) is 0 Å². The van der Waals surface area contributed by atoms with Crippen LogP contribution in [0.1, 0.15) is 56.1 Å². The predicted octanol–water partition coefficient (Wildman–Crippen LogP) is 2.57. The molecule has 0 spiro atoms. The van der Waals surface area contributed by atoms with E-state index in [2.05, 4.69) is 0 Å². The molecule has 0 atom stereocenters. The normalized spacial score (nSPS) is 18.2. The molecule has 0 bridgehead atoms. The summed E-state index contributed by atoms with van der Waals surface area (Å²) in [5.74, 6) is -1.42. The van der Waals surface area contributed by atoms with E-state index < -0.39 is 22.6 Å². The summed E-state index contributed by atoms with van der Waals surface area (Å²) in [6, 6.07) is 5.02. The maximum Gasteiger partial charge on any atom is 0.379 e. The Morgan fingerprint density at radius 3 is 2.19 bits per heavy atom. The lowest BCUT2D eigenvalue weighted by atomic mass is 9.80. The number of carbonyl (C=O) groups excluding carboxylic acids is 3. The fourth-order valence-corrected chi connectivity index (χ4v) is 3.09. The molecule has 4 heteroatoms. The van der Waals surface area contributed by atoms with Gasteiger partial charge in [-0.3, -0.25) is 9.59 Å². The molecule has 0 heterocycles. The van der Waals surface area contributed by atoms with Crippen molar-refractivity contribution < 1.29 is 19.1 Å². The van der Waals surface area contributed by atoms with E-state index in [1.54, 1.807) is 25.1 Å². The third kappa shape index (κ3) is 2.19. The fraction of sp³-hybridized carbons (Fsp3) is 0.471. The number of benzene rings is 1. The van der Waals surface area contributed by atoms with Gasteiger partial charge in [0.15, 0.2) is 5.78 Å². The lowest BCUT2D eigenvalue weighted by molar-refractivity contribution is -0.137. The molecule has 2 rings (SSSR count). The molecule has 1 aliphatic rings. The van der Waals surface area contributed by atoms with Gasteiger partial charge in [0.05, 0.1) is 6.61 Å². The first kappa shape index (κ1) is 15.4. The third-order valence-electron chi connectivity index (χ3n) is 4.22. The van der Waals surface area contributed by atoms with E-state index in [1.807, 2.05) is 27.7 Å². The maximum absolute atomic E-state index is 12.5. The van der Waals surface area contributed by atoms with Gasteiger partial charge >= 0.3 is 5.97 Å². The van der Waals surface area contributed by atoms with Crippen LogP contribution in [0.25, 0.3) is 0 Å². The van der Waals surface area contributed by atoms with Crippen molar-refractivity contribution in [2.24, 2.45) is 0 Å². The van der Waals surface area contributed by atoms with Crippen molar-refractivity contribution in [1.29, 1.82) is 0 Å². The van der Waals surface area contributed by atoms with Gasteiger partial charge < -0.3 is 4.74 Å². The van der Waals surface area contributed by atoms with Crippen LogP contribution in [0, 0.1) is 0 Å². The van der Waals surface area contributed by atoms with Crippen LogP contribution in [0.3, 0.4) is 0 Å². The number of ketones is 2. The van der Waals surface area contributed by atoms with E-state index >= 15 is 0 Å². The topological polar surface area (TPSA) is 60.4 Å². The first-order chi connectivity index (χ1) is 9.64. The third-order valence-corrected chi connectivity index (χ3v) is 4.22. The molecule has 1 aromatic rings. The van der Waals surface area contributed by atoms with Gasteiger partial charge in [-0.2, -0.15) is 0 Å². The Hall–Kier alpha value is -1.97. The highest BCUT2D eigenvalue weighted by Gasteiger charge is 2.50. The average Bonchev–Trinajstić information content (AvgIpc) is 2.57. The Balaban J connectivity index is 2.51. The first-order valence-corrected chi connectivity index (χ1v) is 7.05. The van der Waals surface area contributed by atoms with Crippen molar-refractivity contribution in [3.63, 3.8) is 0 Å². The summed E-state index contributed by atoms with van der Waals surface area (Å²) < 4.78 is 4.74. The van der Waals surface area contributed by atoms with Gasteiger partial charge in [-0.15, -0.1) is 0 Å². The Morgan fingerprint density at radius 2 is 1.62 bits per heavy atom. The fourth-order valence-electron chi connectivity index (χ4n) is 3.09. The summed E-state index contributed by atoms with van der Waals surface area (Å²) >= 11 is 0. The smallest absolute Gasteiger partial charge is 0.379 e. The zero-order valence-electron chi connectivity index (χ0n) is 13.1. The van der Waals surface area contributed by atoms with Gasteiger partial charge in [0.25, 0.3) is 5.78 Å². The van der Waals surface area contributed by atoms with Crippen molar-refractivity contribution in [1.82, 2.24) is 0 Å². The summed E-state index contributed by atoms with van der Waals surface area (Å²) in [6.45, 7) is 9.28. The van der Waals surface area contributed by atoms with Crippen molar-refractivity contribution in [3.05, 3.63) is 34.9 Å². The van der Waals surface area contributed by atoms with Crippen LogP contribution in [0.2, 0.25) is 0 Å². The number of hydrogen-bond acceptors (Lipinski definition) is 4. The van der Waals surface area contributed by atoms with Crippen LogP contribution in [0.15, 0.2) is 18.2 Å². The monoisotopic (exact) mass is 288 g/mol. The quantitative estimate of drug-likeness (QED) is 0.487. The lowest BCUT2D eigenvalue weighted by Crippen LogP contribution is -2.33. The Kier molecular flexibility index (Phi) is 3.52. The number of ether oxygens (including phenoxy) is 1. The van der Waals surface area contributed by atoms with Crippen molar-refractivity contribution >= 4 is 17.5 Å². The van der Waals surface area contributed by atoms with Crippen LogP contribution in [-0.2, 0) is 25.2 Å². The van der Waals surface area contributed by atoms with Crippen LogP contribution < -0.4 is 0 Å². The second-order valence-electron chi connectivity index (χ2n) is 6.39. The number of hydrogen-bond donors (Lipinski definition) is 0. The molecule has 0 aromatic heterocycles. The van der Waals surface area contributed by atoms with Crippen molar-refractivity contribution in [2.75, 3.05) is 6.61 Å². The Morgan fingerprint density at radius 1 is 1.05 bits per heavy atom. The van der Waals surface area contributed by atoms with Gasteiger partial charge in [0, 0.05) is 16.4 Å². The predicted molar refractivity (Wildman–Crippen MR) is 78.5 cm³/mol. The van der Waals surface area contributed by atoms with Crippen LogP contribution in [0.5, 0.6) is 0 Å². The molecule has 0 amide bonds. The average molecular weight is 288 g/mol. The van der Waals surface area contributed by atoms with E-state index in [0.29, 0.717) is 0 Å². The molecule has 0 saturated heterocycles. The van der Waals surface area contributed by atoms with Gasteiger partial charge in [-0.1, -0.05) is 12.1 Å². The molecule has 4 nitrogen and oxygen atoms in total. The minimum Gasteiger partial charge on any atom is -0.460 e. The summed E-state index contributed by atoms with van der Waals surface area (Å²) in [6.07, 6.45) is 0. The number of fused-ring (bicyclic) bond motifs is 1. The summed E-state index contributed by atoms with van der Waals surface area (Å²) in [5, 5.41) is 0. The largest absolute Gasteiger partial charge is 0.460 e. The maximum atomic E-state index is 12.5. The molecule has 21 heavy (non-hydrogen) atoms. The second kappa shape index (κ2) is 4.79. The van der Waals surface area contributed by atoms with Crippen molar-refractivity contribution in [2.45, 2.75) is 45.4 Å². The van der Waals surface area contributed by atoms with Gasteiger partial charge in [-0.25, -0.2) is 4.79 Å². The highest BCUT2D eigenvalue weighted by molar-refractivity contribution is 6.40. The lowest BCUT2D eigenvalue weighted by Gasteiger charge is -2.21. The summed E-state index contributed by atoms with van der Waals surface area (Å²) in [7, 11) is 0. The zero-order valence-corrected chi connectivity index (χ0v) is 13.1. The van der Waals surface area contributed by atoms with Crippen LogP contribution in [0.4, 0.5) is 0 Å². The molecule has 0 N–H and O–H groups in total. The molecule has 112 valence electrons. The number of rotatable bonds is 3. The summed E-state index contributed by atoms with van der Waals surface area (Å²) in [4.78, 5) is 36.1. The molecule has 1 aliphatic carbocycles. The Labute approximate surface area is 124 Å². The van der Waals surface area contributed by atoms with E-state index in [1.165, 1.54) is 0 Å². The highest BCUT2D eigenvalue weighted by Crippen LogP contribution is 2.46. The minimum absolute atomic E-state index is 0.116.